The Balaban J connectivity index is 5.35. The van der Waals surface area contributed by atoms with Crippen LogP contribution in [0.1, 0.15) is 19.3 Å². The summed E-state index contributed by atoms with van der Waals surface area (Å²) in [5.41, 5.74) is -0.443. The summed E-state index contributed by atoms with van der Waals surface area (Å²) in [7, 11) is -1.37. The molecule has 0 unspecified atom stereocenters. The van der Waals surface area contributed by atoms with Crippen molar-refractivity contribution in [2.45, 2.75) is 19.3 Å². The standard InChI is InChI=1S/C12H18O10S/c1-19-10(13)7-9(12(15)21-3)8(11(14)20-2)5-4-6-22-23(16,17)18/h4-7H2,1-3H3,(H,16,17,18). The molecule has 132 valence electrons. The molecule has 0 amide bonds. The fourth-order valence-electron chi connectivity index (χ4n) is 1.55. The van der Waals surface area contributed by atoms with Crippen molar-refractivity contribution < 1.29 is 45.7 Å². The van der Waals surface area contributed by atoms with E-state index in [2.05, 4.69) is 18.4 Å². The second-order valence-electron chi connectivity index (χ2n) is 4.05. The molecule has 0 aliphatic rings. The minimum atomic E-state index is -4.61. The predicted molar refractivity (Wildman–Crippen MR) is 74.4 cm³/mol. The molecule has 10 nitrogen and oxygen atoms in total. The van der Waals surface area contributed by atoms with Crippen LogP contribution in [0.5, 0.6) is 0 Å². The molecule has 0 saturated heterocycles. The molecule has 11 heteroatoms. The molecule has 23 heavy (non-hydrogen) atoms. The smallest absolute Gasteiger partial charge is 0.397 e. The van der Waals surface area contributed by atoms with Crippen molar-refractivity contribution in [2.75, 3.05) is 27.9 Å². The monoisotopic (exact) mass is 354 g/mol. The topological polar surface area (TPSA) is 142 Å². The van der Waals surface area contributed by atoms with Crippen molar-refractivity contribution in [2.24, 2.45) is 0 Å². The molecule has 0 bridgehead atoms. The average molecular weight is 354 g/mol. The van der Waals surface area contributed by atoms with Gasteiger partial charge in [-0.25, -0.2) is 13.8 Å². The number of rotatable bonds is 9. The normalized spacial score (nSPS) is 12.2. The van der Waals surface area contributed by atoms with Crippen LogP contribution in [0.15, 0.2) is 11.1 Å². The van der Waals surface area contributed by atoms with Gasteiger partial charge >= 0.3 is 28.3 Å². The number of methoxy groups -OCH3 is 3. The van der Waals surface area contributed by atoms with Crippen LogP contribution in [-0.4, -0.2) is 58.8 Å². The van der Waals surface area contributed by atoms with E-state index in [9.17, 15) is 22.8 Å². The first-order valence-corrected chi connectivity index (χ1v) is 7.60. The molecule has 0 aliphatic heterocycles. The van der Waals surface area contributed by atoms with E-state index in [1.54, 1.807) is 0 Å². The molecule has 0 aliphatic carbocycles. The molecule has 0 aromatic heterocycles. The van der Waals surface area contributed by atoms with Gasteiger partial charge in [0.2, 0.25) is 0 Å². The van der Waals surface area contributed by atoms with Crippen LogP contribution in [0.3, 0.4) is 0 Å². The van der Waals surface area contributed by atoms with Gasteiger partial charge in [-0.05, 0) is 12.8 Å². The quantitative estimate of drug-likeness (QED) is 0.194. The van der Waals surface area contributed by atoms with Crippen molar-refractivity contribution in [3.05, 3.63) is 11.1 Å². The zero-order valence-corrected chi connectivity index (χ0v) is 13.7. The van der Waals surface area contributed by atoms with E-state index in [0.717, 1.165) is 21.3 Å². The van der Waals surface area contributed by atoms with Crippen LogP contribution in [0, 0.1) is 0 Å². The number of esters is 3. The minimum absolute atomic E-state index is 0.0497. The third kappa shape index (κ3) is 8.28. The van der Waals surface area contributed by atoms with Gasteiger partial charge in [-0.3, -0.25) is 9.35 Å². The maximum atomic E-state index is 11.8. The van der Waals surface area contributed by atoms with Gasteiger partial charge in [0.25, 0.3) is 0 Å². The van der Waals surface area contributed by atoms with E-state index in [-0.39, 0.29) is 24.0 Å². The van der Waals surface area contributed by atoms with Crippen LogP contribution >= 0.6 is 0 Å². The third-order valence-corrected chi connectivity index (χ3v) is 3.04. The summed E-state index contributed by atoms with van der Waals surface area (Å²) < 4.78 is 46.9. The molecule has 0 aromatic rings. The lowest BCUT2D eigenvalue weighted by Gasteiger charge is -2.11. The number of hydrogen-bond acceptors (Lipinski definition) is 9. The molecule has 0 saturated carbocycles. The first kappa shape index (κ1) is 21.0. The molecule has 0 heterocycles. The molecular weight excluding hydrogens is 336 g/mol. The van der Waals surface area contributed by atoms with Crippen LogP contribution in [0.2, 0.25) is 0 Å². The van der Waals surface area contributed by atoms with Gasteiger partial charge in [0.05, 0.1) is 39.9 Å². The predicted octanol–water partition coefficient (Wildman–Crippen LogP) is -0.208. The largest absolute Gasteiger partial charge is 0.469 e. The fourth-order valence-corrected chi connectivity index (χ4v) is 1.88. The molecule has 0 rings (SSSR count). The Kier molecular flexibility index (Phi) is 9.07. The number of hydrogen-bond donors (Lipinski definition) is 1. The van der Waals surface area contributed by atoms with Crippen molar-refractivity contribution in [1.82, 2.24) is 0 Å². The van der Waals surface area contributed by atoms with Gasteiger partial charge in [0, 0.05) is 5.57 Å². The second kappa shape index (κ2) is 9.92. The van der Waals surface area contributed by atoms with E-state index in [1.807, 2.05) is 0 Å². The second-order valence-corrected chi connectivity index (χ2v) is 5.14. The van der Waals surface area contributed by atoms with Gasteiger partial charge in [-0.1, -0.05) is 0 Å². The van der Waals surface area contributed by atoms with E-state index in [1.165, 1.54) is 0 Å². The summed E-state index contributed by atoms with van der Waals surface area (Å²) in [4.78, 5) is 34.9. The fraction of sp³-hybridized carbons (Fsp3) is 0.583. The number of carbonyl (C=O) groups is 3. The SMILES string of the molecule is COC(=O)CC(C(=O)OC)=C(CCCOS(=O)(=O)O)C(=O)OC. The molecule has 0 fully saturated rings. The zero-order valence-electron chi connectivity index (χ0n) is 12.9. The Hall–Kier alpha value is -1.98. The molecule has 0 aromatic carbocycles. The van der Waals surface area contributed by atoms with Gasteiger partial charge < -0.3 is 14.2 Å². The van der Waals surface area contributed by atoms with E-state index >= 15 is 0 Å². The van der Waals surface area contributed by atoms with Crippen molar-refractivity contribution in [3.63, 3.8) is 0 Å². The van der Waals surface area contributed by atoms with Crippen molar-refractivity contribution in [3.8, 4) is 0 Å². The zero-order chi connectivity index (χ0) is 18.0. The van der Waals surface area contributed by atoms with E-state index in [4.69, 9.17) is 4.55 Å². The van der Waals surface area contributed by atoms with Gasteiger partial charge in [0.15, 0.2) is 0 Å². The highest BCUT2D eigenvalue weighted by molar-refractivity contribution is 7.80. The Labute approximate surface area is 133 Å². The van der Waals surface area contributed by atoms with Gasteiger partial charge in [-0.15, -0.1) is 0 Å². The Morgan fingerprint density at radius 2 is 1.43 bits per heavy atom. The van der Waals surface area contributed by atoms with Crippen LogP contribution in [0.25, 0.3) is 0 Å². The lowest BCUT2D eigenvalue weighted by atomic mass is 10.0. The molecule has 0 atom stereocenters. The maximum absolute atomic E-state index is 11.8. The van der Waals surface area contributed by atoms with E-state index < -0.39 is 41.3 Å². The lowest BCUT2D eigenvalue weighted by molar-refractivity contribution is -0.143. The summed E-state index contributed by atoms with van der Waals surface area (Å²) in [6, 6.07) is 0. The van der Waals surface area contributed by atoms with Crippen molar-refractivity contribution in [1.29, 1.82) is 0 Å². The molecular formula is C12H18O10S. The number of ether oxygens (including phenoxy) is 3. The van der Waals surface area contributed by atoms with Crippen molar-refractivity contribution >= 4 is 28.3 Å². The Morgan fingerprint density at radius 1 is 0.913 bits per heavy atom. The number of carbonyl (C=O) groups excluding carboxylic acids is 3. The lowest BCUT2D eigenvalue weighted by Crippen LogP contribution is -2.18. The summed E-state index contributed by atoms with van der Waals surface area (Å²) in [6.07, 6.45) is -0.720. The minimum Gasteiger partial charge on any atom is -0.469 e. The highest BCUT2D eigenvalue weighted by atomic mass is 32.3. The molecule has 1 N–H and O–H groups in total. The summed E-state index contributed by atoms with van der Waals surface area (Å²) in [6.45, 7) is -0.438. The average Bonchev–Trinajstić information content (AvgIpc) is 2.50. The highest BCUT2D eigenvalue weighted by Crippen LogP contribution is 2.19. The first-order valence-electron chi connectivity index (χ1n) is 6.23. The highest BCUT2D eigenvalue weighted by Gasteiger charge is 2.25. The van der Waals surface area contributed by atoms with Crippen LogP contribution < -0.4 is 0 Å². The summed E-state index contributed by atoms with van der Waals surface area (Å²) in [5, 5.41) is 0. The third-order valence-electron chi connectivity index (χ3n) is 2.58. The summed E-state index contributed by atoms with van der Waals surface area (Å²) >= 11 is 0. The molecule has 0 spiro atoms. The Morgan fingerprint density at radius 3 is 1.87 bits per heavy atom. The maximum Gasteiger partial charge on any atom is 0.397 e. The Bertz CT molecular complexity index is 575. The van der Waals surface area contributed by atoms with Gasteiger partial charge in [-0.2, -0.15) is 8.42 Å². The van der Waals surface area contributed by atoms with Crippen LogP contribution in [-0.2, 0) is 43.2 Å². The summed E-state index contributed by atoms with van der Waals surface area (Å²) in [5.74, 6) is -2.59. The van der Waals surface area contributed by atoms with E-state index in [0.29, 0.717) is 0 Å². The molecule has 0 radical (unpaired) electrons. The van der Waals surface area contributed by atoms with Gasteiger partial charge in [0.1, 0.15) is 0 Å². The van der Waals surface area contributed by atoms with Crippen LogP contribution in [0.4, 0.5) is 0 Å². The first-order chi connectivity index (χ1) is 10.7.